The van der Waals surface area contributed by atoms with E-state index in [1.165, 1.54) is 83.5 Å². The summed E-state index contributed by atoms with van der Waals surface area (Å²) in [5.41, 5.74) is 5.48. The second kappa shape index (κ2) is 15.0. The van der Waals surface area contributed by atoms with Gasteiger partial charge in [0.25, 0.3) is 0 Å². The monoisotopic (exact) mass is 255 g/mol. The summed E-state index contributed by atoms with van der Waals surface area (Å²) >= 11 is 0. The van der Waals surface area contributed by atoms with Crippen LogP contribution in [0, 0.1) is 5.92 Å². The predicted octanol–water partition coefficient (Wildman–Crippen LogP) is 5.67. The summed E-state index contributed by atoms with van der Waals surface area (Å²) in [6.45, 7) is 5.54. The van der Waals surface area contributed by atoms with Crippen LogP contribution in [-0.4, -0.2) is 6.54 Å². The molecular weight excluding hydrogens is 218 g/mol. The molecule has 0 radical (unpaired) electrons. The third-order valence-electron chi connectivity index (χ3n) is 4.22. The van der Waals surface area contributed by atoms with Gasteiger partial charge in [0.05, 0.1) is 0 Å². The van der Waals surface area contributed by atoms with Crippen LogP contribution in [0.15, 0.2) is 0 Å². The lowest BCUT2D eigenvalue weighted by Gasteiger charge is -2.11. The standard InChI is InChI=1S/C17H37N/c1-3-17(4-2)15-13-11-9-7-5-6-8-10-12-14-16-18/h17H,3-16,18H2,1-2H3. The highest BCUT2D eigenvalue weighted by molar-refractivity contribution is 4.55. The van der Waals surface area contributed by atoms with Crippen LogP contribution in [0.5, 0.6) is 0 Å². The fraction of sp³-hybridized carbons (Fsp3) is 1.00. The van der Waals surface area contributed by atoms with Gasteiger partial charge in [0.2, 0.25) is 0 Å². The second-order valence-electron chi connectivity index (χ2n) is 5.80. The SMILES string of the molecule is CCC(CC)CCCCCCCCCCCCN. The molecule has 0 atom stereocenters. The van der Waals surface area contributed by atoms with Crippen molar-refractivity contribution in [3.63, 3.8) is 0 Å². The predicted molar refractivity (Wildman–Crippen MR) is 83.9 cm³/mol. The van der Waals surface area contributed by atoms with Gasteiger partial charge in [0, 0.05) is 0 Å². The zero-order valence-corrected chi connectivity index (χ0v) is 13.1. The van der Waals surface area contributed by atoms with Crippen molar-refractivity contribution in [3.05, 3.63) is 0 Å². The van der Waals surface area contributed by atoms with Gasteiger partial charge >= 0.3 is 0 Å². The minimum atomic E-state index is 0.872. The second-order valence-corrected chi connectivity index (χ2v) is 5.80. The average molecular weight is 255 g/mol. The van der Waals surface area contributed by atoms with E-state index in [2.05, 4.69) is 13.8 Å². The highest BCUT2D eigenvalue weighted by atomic mass is 14.5. The maximum atomic E-state index is 5.48. The van der Waals surface area contributed by atoms with Crippen molar-refractivity contribution >= 4 is 0 Å². The van der Waals surface area contributed by atoms with E-state index in [0.29, 0.717) is 0 Å². The lowest BCUT2D eigenvalue weighted by molar-refractivity contribution is 0.426. The Morgan fingerprint density at radius 2 is 1.00 bits per heavy atom. The van der Waals surface area contributed by atoms with Gasteiger partial charge in [-0.2, -0.15) is 0 Å². The topological polar surface area (TPSA) is 26.0 Å². The van der Waals surface area contributed by atoms with Gasteiger partial charge in [0.1, 0.15) is 0 Å². The van der Waals surface area contributed by atoms with Crippen LogP contribution in [0.2, 0.25) is 0 Å². The smallest absolute Gasteiger partial charge is 0.00773 e. The van der Waals surface area contributed by atoms with Crippen molar-refractivity contribution in [2.45, 2.75) is 97.3 Å². The van der Waals surface area contributed by atoms with Crippen LogP contribution in [0.4, 0.5) is 0 Å². The van der Waals surface area contributed by atoms with Crippen molar-refractivity contribution < 1.29 is 0 Å². The first kappa shape index (κ1) is 18.0. The third-order valence-corrected chi connectivity index (χ3v) is 4.22. The number of rotatable bonds is 14. The summed E-state index contributed by atoms with van der Waals surface area (Å²) in [6, 6.07) is 0. The van der Waals surface area contributed by atoms with Gasteiger partial charge in [-0.3, -0.25) is 0 Å². The molecule has 1 nitrogen and oxygen atoms in total. The number of unbranched alkanes of at least 4 members (excludes halogenated alkanes) is 9. The molecule has 0 bridgehead atoms. The molecule has 0 aromatic heterocycles. The molecule has 0 rings (SSSR count). The number of nitrogens with two attached hydrogens (primary N) is 1. The molecule has 0 aliphatic rings. The van der Waals surface area contributed by atoms with Gasteiger partial charge < -0.3 is 5.73 Å². The summed E-state index contributed by atoms with van der Waals surface area (Å²) in [6.07, 6.45) is 18.3. The van der Waals surface area contributed by atoms with Crippen LogP contribution < -0.4 is 5.73 Å². The first-order valence-corrected chi connectivity index (χ1v) is 8.55. The lowest BCUT2D eigenvalue weighted by atomic mass is 9.95. The number of hydrogen-bond acceptors (Lipinski definition) is 1. The van der Waals surface area contributed by atoms with Crippen molar-refractivity contribution in [3.8, 4) is 0 Å². The summed E-state index contributed by atoms with van der Waals surface area (Å²) < 4.78 is 0. The van der Waals surface area contributed by atoms with E-state index in [1.807, 2.05) is 0 Å². The Morgan fingerprint density at radius 1 is 0.611 bits per heavy atom. The normalized spacial score (nSPS) is 11.3. The van der Waals surface area contributed by atoms with E-state index in [0.717, 1.165) is 12.5 Å². The quantitative estimate of drug-likeness (QED) is 0.397. The molecule has 0 saturated heterocycles. The summed E-state index contributed by atoms with van der Waals surface area (Å²) in [5, 5.41) is 0. The molecule has 0 spiro atoms. The first-order chi connectivity index (χ1) is 8.85. The average Bonchev–Trinajstić information content (AvgIpc) is 2.40. The van der Waals surface area contributed by atoms with E-state index >= 15 is 0 Å². The minimum Gasteiger partial charge on any atom is -0.330 e. The summed E-state index contributed by atoms with van der Waals surface area (Å²) in [5.74, 6) is 0.993. The Morgan fingerprint density at radius 3 is 1.39 bits per heavy atom. The zero-order valence-electron chi connectivity index (χ0n) is 13.1. The Labute approximate surface area is 116 Å². The maximum absolute atomic E-state index is 5.48. The van der Waals surface area contributed by atoms with E-state index in [9.17, 15) is 0 Å². The Hall–Kier alpha value is -0.0400. The van der Waals surface area contributed by atoms with Gasteiger partial charge in [-0.1, -0.05) is 90.9 Å². The molecule has 0 unspecified atom stereocenters. The molecule has 0 aromatic carbocycles. The molecule has 18 heavy (non-hydrogen) atoms. The molecule has 0 amide bonds. The van der Waals surface area contributed by atoms with E-state index in [1.54, 1.807) is 0 Å². The molecule has 0 aromatic rings. The van der Waals surface area contributed by atoms with Gasteiger partial charge in [-0.25, -0.2) is 0 Å². The molecule has 1 heteroatoms. The van der Waals surface area contributed by atoms with E-state index in [-0.39, 0.29) is 0 Å². The highest BCUT2D eigenvalue weighted by Crippen LogP contribution is 2.18. The maximum Gasteiger partial charge on any atom is -0.00773 e. The van der Waals surface area contributed by atoms with E-state index in [4.69, 9.17) is 5.73 Å². The largest absolute Gasteiger partial charge is 0.330 e. The molecule has 0 aliphatic heterocycles. The van der Waals surface area contributed by atoms with Gasteiger partial charge in [-0.05, 0) is 18.9 Å². The van der Waals surface area contributed by atoms with Crippen LogP contribution in [0.3, 0.4) is 0 Å². The first-order valence-electron chi connectivity index (χ1n) is 8.55. The molecule has 110 valence electrons. The van der Waals surface area contributed by atoms with Crippen LogP contribution >= 0.6 is 0 Å². The summed E-state index contributed by atoms with van der Waals surface area (Å²) in [7, 11) is 0. The minimum absolute atomic E-state index is 0.872. The molecule has 0 aliphatic carbocycles. The fourth-order valence-electron chi connectivity index (χ4n) is 2.69. The zero-order chi connectivity index (χ0) is 13.5. The Bertz CT molecular complexity index is 141. The van der Waals surface area contributed by atoms with Crippen LogP contribution in [-0.2, 0) is 0 Å². The molecule has 0 saturated carbocycles. The van der Waals surface area contributed by atoms with Crippen LogP contribution in [0.1, 0.15) is 97.3 Å². The summed E-state index contributed by atoms with van der Waals surface area (Å²) in [4.78, 5) is 0. The highest BCUT2D eigenvalue weighted by Gasteiger charge is 2.02. The van der Waals surface area contributed by atoms with Crippen molar-refractivity contribution in [1.82, 2.24) is 0 Å². The Kier molecular flexibility index (Phi) is 15.0. The molecule has 0 heterocycles. The van der Waals surface area contributed by atoms with Crippen molar-refractivity contribution in [2.75, 3.05) is 6.54 Å². The fourth-order valence-corrected chi connectivity index (χ4v) is 2.69. The lowest BCUT2D eigenvalue weighted by Crippen LogP contribution is -1.97. The number of hydrogen-bond donors (Lipinski definition) is 1. The van der Waals surface area contributed by atoms with Crippen molar-refractivity contribution in [2.24, 2.45) is 11.7 Å². The van der Waals surface area contributed by atoms with Gasteiger partial charge in [-0.15, -0.1) is 0 Å². The molecule has 0 fully saturated rings. The van der Waals surface area contributed by atoms with E-state index < -0.39 is 0 Å². The van der Waals surface area contributed by atoms with Crippen LogP contribution in [0.25, 0.3) is 0 Å². The van der Waals surface area contributed by atoms with Crippen molar-refractivity contribution in [1.29, 1.82) is 0 Å². The molecule has 2 N–H and O–H groups in total. The molecular formula is C17H37N. The Balaban J connectivity index is 3.03. The third kappa shape index (κ3) is 12.4. The van der Waals surface area contributed by atoms with Gasteiger partial charge in [0.15, 0.2) is 0 Å².